The van der Waals surface area contributed by atoms with Crippen molar-refractivity contribution in [3.8, 4) is 22.8 Å². The van der Waals surface area contributed by atoms with Gasteiger partial charge >= 0.3 is 0 Å². The molecule has 1 saturated heterocycles. The molecule has 2 aromatic carbocycles. The summed E-state index contributed by atoms with van der Waals surface area (Å²) >= 11 is 5.75. The highest BCUT2D eigenvalue weighted by Gasteiger charge is 2.42. The minimum absolute atomic E-state index is 0.0615. The van der Waals surface area contributed by atoms with E-state index in [1.54, 1.807) is 19.4 Å². The number of non-ortho nitro benzene ring substituents is 1. The highest BCUT2D eigenvalue weighted by molar-refractivity contribution is 7.80. The number of aromatic nitrogens is 1. The van der Waals surface area contributed by atoms with Crippen LogP contribution in [-0.4, -0.2) is 29.2 Å². The van der Waals surface area contributed by atoms with Gasteiger partial charge in [-0.05, 0) is 66.8 Å². The summed E-state index contributed by atoms with van der Waals surface area (Å²) in [6, 6.07) is 20.8. The Morgan fingerprint density at radius 1 is 1.06 bits per heavy atom. The van der Waals surface area contributed by atoms with E-state index in [4.69, 9.17) is 26.1 Å². The zero-order valence-electron chi connectivity index (χ0n) is 19.5. The summed E-state index contributed by atoms with van der Waals surface area (Å²) in [5, 5.41) is 15.1. The van der Waals surface area contributed by atoms with Gasteiger partial charge in [-0.2, -0.15) is 0 Å². The highest BCUT2D eigenvalue weighted by Crippen LogP contribution is 2.44. The van der Waals surface area contributed by atoms with E-state index in [2.05, 4.69) is 10.3 Å². The third kappa shape index (κ3) is 4.22. The van der Waals surface area contributed by atoms with E-state index in [0.717, 1.165) is 17.1 Å². The standard InChI is InChI=1S/C26H22N4O5S/c1-33-18-9-6-16(7-10-18)29-25(24(28-26(29)36)20-5-3-4-14-27-20)22-13-12-21(35-22)19-11-8-17(30(31)32)15-23(19)34-2/h3-15,24-25H,1-2H3,(H,28,36)/t24-,25+/m0/s1. The molecule has 0 saturated carbocycles. The lowest BCUT2D eigenvalue weighted by molar-refractivity contribution is -0.384. The number of nitro groups is 1. The van der Waals surface area contributed by atoms with Crippen LogP contribution >= 0.6 is 12.2 Å². The van der Waals surface area contributed by atoms with Gasteiger partial charge in [0.05, 0.1) is 42.5 Å². The van der Waals surface area contributed by atoms with E-state index in [-0.39, 0.29) is 17.8 Å². The van der Waals surface area contributed by atoms with Crippen LogP contribution in [0.25, 0.3) is 11.3 Å². The molecule has 4 aromatic rings. The number of nitrogens with zero attached hydrogens (tertiary/aromatic N) is 3. The van der Waals surface area contributed by atoms with Crippen LogP contribution in [0.2, 0.25) is 0 Å². The SMILES string of the molecule is COc1ccc(N2C(=S)N[C@@H](c3ccccn3)[C@H]2c2ccc(-c3ccc([N+](=O)[O-])cc3OC)o2)cc1. The number of methoxy groups -OCH3 is 2. The molecule has 36 heavy (non-hydrogen) atoms. The van der Waals surface area contributed by atoms with E-state index in [1.165, 1.54) is 19.2 Å². The van der Waals surface area contributed by atoms with Gasteiger partial charge in [-0.15, -0.1) is 0 Å². The minimum Gasteiger partial charge on any atom is -0.497 e. The first kappa shape index (κ1) is 23.3. The summed E-state index contributed by atoms with van der Waals surface area (Å²) in [7, 11) is 3.09. The Morgan fingerprint density at radius 2 is 1.86 bits per heavy atom. The average molecular weight is 503 g/mol. The molecule has 0 bridgehead atoms. The van der Waals surface area contributed by atoms with Crippen LogP contribution in [0.15, 0.2) is 83.4 Å². The Bertz CT molecular complexity index is 1410. The van der Waals surface area contributed by atoms with Crippen LogP contribution < -0.4 is 19.7 Å². The van der Waals surface area contributed by atoms with Crippen molar-refractivity contribution in [3.05, 3.63) is 101 Å². The molecule has 0 unspecified atom stereocenters. The fourth-order valence-electron chi connectivity index (χ4n) is 4.32. The number of pyridine rings is 1. The maximum atomic E-state index is 11.2. The molecule has 0 amide bonds. The lowest BCUT2D eigenvalue weighted by Gasteiger charge is -2.26. The van der Waals surface area contributed by atoms with Crippen molar-refractivity contribution in [2.45, 2.75) is 12.1 Å². The molecular formula is C26H22N4O5S. The number of nitro benzene ring substituents is 1. The van der Waals surface area contributed by atoms with Crippen molar-refractivity contribution in [2.75, 3.05) is 19.1 Å². The van der Waals surface area contributed by atoms with Gasteiger partial charge in [0, 0.05) is 18.0 Å². The van der Waals surface area contributed by atoms with Crippen molar-refractivity contribution in [2.24, 2.45) is 0 Å². The minimum atomic E-state index is -0.463. The molecule has 0 spiro atoms. The van der Waals surface area contributed by atoms with Gasteiger partial charge < -0.3 is 24.1 Å². The van der Waals surface area contributed by atoms with E-state index < -0.39 is 4.92 Å². The van der Waals surface area contributed by atoms with Crippen molar-refractivity contribution < 1.29 is 18.8 Å². The number of hydrogen-bond donors (Lipinski definition) is 1. The van der Waals surface area contributed by atoms with Crippen LogP contribution in [-0.2, 0) is 0 Å². The Morgan fingerprint density at radius 3 is 2.53 bits per heavy atom. The molecule has 0 radical (unpaired) electrons. The van der Waals surface area contributed by atoms with Gasteiger partial charge in [-0.3, -0.25) is 15.1 Å². The highest BCUT2D eigenvalue weighted by atomic mass is 32.1. The third-order valence-electron chi connectivity index (χ3n) is 6.03. The Labute approximate surface area is 212 Å². The lowest BCUT2D eigenvalue weighted by Crippen LogP contribution is -2.29. The lowest BCUT2D eigenvalue weighted by atomic mass is 10.0. The second-order valence-corrected chi connectivity index (χ2v) is 8.43. The summed E-state index contributed by atoms with van der Waals surface area (Å²) in [5.41, 5.74) is 2.22. The summed E-state index contributed by atoms with van der Waals surface area (Å²) in [4.78, 5) is 17.3. The predicted molar refractivity (Wildman–Crippen MR) is 138 cm³/mol. The van der Waals surface area contributed by atoms with E-state index in [1.807, 2.05) is 59.5 Å². The maximum Gasteiger partial charge on any atom is 0.273 e. The number of nitrogens with one attached hydrogen (secondary N) is 1. The van der Waals surface area contributed by atoms with Crippen LogP contribution in [0.5, 0.6) is 11.5 Å². The molecule has 3 heterocycles. The quantitative estimate of drug-likeness (QED) is 0.201. The molecule has 1 aliphatic rings. The van der Waals surface area contributed by atoms with Crippen molar-refractivity contribution in [1.82, 2.24) is 10.3 Å². The Balaban J connectivity index is 1.58. The van der Waals surface area contributed by atoms with Crippen LogP contribution in [0.4, 0.5) is 11.4 Å². The Hall–Kier alpha value is -4.44. The zero-order valence-corrected chi connectivity index (χ0v) is 20.3. The summed E-state index contributed by atoms with van der Waals surface area (Å²) in [6.45, 7) is 0. The number of rotatable bonds is 7. The van der Waals surface area contributed by atoms with Gasteiger partial charge in [0.15, 0.2) is 5.11 Å². The fourth-order valence-corrected chi connectivity index (χ4v) is 4.66. The molecule has 1 aliphatic heterocycles. The van der Waals surface area contributed by atoms with Gasteiger partial charge in [-0.25, -0.2) is 0 Å². The van der Waals surface area contributed by atoms with Gasteiger partial charge in [0.2, 0.25) is 0 Å². The van der Waals surface area contributed by atoms with E-state index in [0.29, 0.717) is 27.9 Å². The van der Waals surface area contributed by atoms with Crippen molar-refractivity contribution in [3.63, 3.8) is 0 Å². The first-order valence-electron chi connectivity index (χ1n) is 11.1. The number of benzene rings is 2. The Kier molecular flexibility index (Phi) is 6.26. The number of anilines is 1. The first-order chi connectivity index (χ1) is 17.5. The fraction of sp³-hybridized carbons (Fsp3) is 0.154. The van der Waals surface area contributed by atoms with Crippen molar-refractivity contribution in [1.29, 1.82) is 0 Å². The molecule has 2 aromatic heterocycles. The maximum absolute atomic E-state index is 11.2. The summed E-state index contributed by atoms with van der Waals surface area (Å²) < 4.78 is 17.1. The monoisotopic (exact) mass is 502 g/mol. The average Bonchev–Trinajstić information content (AvgIpc) is 3.53. The summed E-state index contributed by atoms with van der Waals surface area (Å²) in [6.07, 6.45) is 1.74. The normalized spacial score (nSPS) is 17.1. The van der Waals surface area contributed by atoms with Crippen LogP contribution in [0.1, 0.15) is 23.5 Å². The molecule has 10 heteroatoms. The number of hydrogen-bond acceptors (Lipinski definition) is 7. The molecule has 1 fully saturated rings. The molecule has 0 aliphatic carbocycles. The number of furan rings is 1. The van der Waals surface area contributed by atoms with E-state index >= 15 is 0 Å². The smallest absolute Gasteiger partial charge is 0.273 e. The molecular weight excluding hydrogens is 480 g/mol. The second-order valence-electron chi connectivity index (χ2n) is 8.04. The summed E-state index contributed by atoms with van der Waals surface area (Å²) in [5.74, 6) is 2.24. The number of thiocarbonyl (C=S) groups is 1. The molecule has 182 valence electrons. The second kappa shape index (κ2) is 9.67. The first-order valence-corrected chi connectivity index (χ1v) is 11.5. The van der Waals surface area contributed by atoms with Crippen molar-refractivity contribution >= 4 is 28.7 Å². The zero-order chi connectivity index (χ0) is 25.2. The molecule has 1 N–H and O–H groups in total. The van der Waals surface area contributed by atoms with Crippen LogP contribution in [0, 0.1) is 10.1 Å². The van der Waals surface area contributed by atoms with Gasteiger partial charge in [0.1, 0.15) is 29.1 Å². The molecule has 5 rings (SSSR count). The van der Waals surface area contributed by atoms with Crippen LogP contribution in [0.3, 0.4) is 0 Å². The van der Waals surface area contributed by atoms with Gasteiger partial charge in [-0.1, -0.05) is 6.07 Å². The largest absolute Gasteiger partial charge is 0.497 e. The van der Waals surface area contributed by atoms with E-state index in [9.17, 15) is 10.1 Å². The van der Waals surface area contributed by atoms with Gasteiger partial charge in [0.25, 0.3) is 5.69 Å². The molecule has 2 atom stereocenters. The number of ether oxygens (including phenoxy) is 2. The topological polar surface area (TPSA) is 103 Å². The third-order valence-corrected chi connectivity index (χ3v) is 6.34. The predicted octanol–water partition coefficient (Wildman–Crippen LogP) is 5.44. The molecule has 9 nitrogen and oxygen atoms in total.